The van der Waals surface area contributed by atoms with Crippen molar-refractivity contribution in [3.8, 4) is 5.75 Å². The number of nitrogens with one attached hydrogen (secondary N) is 1. The molecule has 158 valence electrons. The number of amides is 1. The van der Waals surface area contributed by atoms with E-state index in [1.807, 2.05) is 12.1 Å². The van der Waals surface area contributed by atoms with Gasteiger partial charge in [-0.1, -0.05) is 30.2 Å². The van der Waals surface area contributed by atoms with Crippen LogP contribution in [0.4, 0.5) is 0 Å². The van der Waals surface area contributed by atoms with Crippen molar-refractivity contribution in [3.63, 3.8) is 0 Å². The van der Waals surface area contributed by atoms with Gasteiger partial charge in [0.1, 0.15) is 5.75 Å². The standard InChI is InChI=1S/C25H29NO4/c1-17-12-19(15-22(13-17)30-2)14-21-6-4-3-5-7-23(21)24(27)26-16-18-8-10-20(11-9-18)25(28)29/h8-13,15H,3-7,14,16H2,1-2H3,(H,26,27)(H,28,29). The zero-order valence-corrected chi connectivity index (χ0v) is 17.7. The largest absolute Gasteiger partial charge is 0.497 e. The monoisotopic (exact) mass is 407 g/mol. The fourth-order valence-corrected chi connectivity index (χ4v) is 3.96. The van der Waals surface area contributed by atoms with E-state index in [1.165, 1.54) is 11.1 Å². The highest BCUT2D eigenvalue weighted by Crippen LogP contribution is 2.28. The quantitative estimate of drug-likeness (QED) is 0.690. The Bertz CT molecular complexity index is 944. The van der Waals surface area contributed by atoms with Gasteiger partial charge in [0.15, 0.2) is 0 Å². The molecular weight excluding hydrogens is 378 g/mol. The lowest BCUT2D eigenvalue weighted by Crippen LogP contribution is -2.25. The molecule has 5 nitrogen and oxygen atoms in total. The van der Waals surface area contributed by atoms with Gasteiger partial charge in [0.05, 0.1) is 12.7 Å². The first-order valence-corrected chi connectivity index (χ1v) is 10.4. The first kappa shape index (κ1) is 21.6. The minimum Gasteiger partial charge on any atom is -0.497 e. The van der Waals surface area contributed by atoms with Crippen LogP contribution < -0.4 is 10.1 Å². The summed E-state index contributed by atoms with van der Waals surface area (Å²) in [6, 6.07) is 12.8. The number of carbonyl (C=O) groups excluding carboxylic acids is 1. The average molecular weight is 408 g/mol. The zero-order valence-electron chi connectivity index (χ0n) is 17.7. The first-order valence-electron chi connectivity index (χ1n) is 10.4. The molecule has 0 atom stereocenters. The molecular formula is C25H29NO4. The summed E-state index contributed by atoms with van der Waals surface area (Å²) in [6.07, 6.45) is 5.75. The highest BCUT2D eigenvalue weighted by Gasteiger charge is 2.18. The predicted octanol–water partition coefficient (Wildman–Crippen LogP) is 4.82. The van der Waals surface area contributed by atoms with Gasteiger partial charge in [-0.25, -0.2) is 4.79 Å². The topological polar surface area (TPSA) is 75.6 Å². The summed E-state index contributed by atoms with van der Waals surface area (Å²) in [5.74, 6) is -0.129. The van der Waals surface area contributed by atoms with Crippen LogP contribution in [0, 0.1) is 6.92 Å². The van der Waals surface area contributed by atoms with Gasteiger partial charge in [0.2, 0.25) is 5.91 Å². The number of carboxylic acids is 1. The molecule has 0 fully saturated rings. The van der Waals surface area contributed by atoms with Gasteiger partial charge in [-0.2, -0.15) is 0 Å². The zero-order chi connectivity index (χ0) is 21.5. The molecule has 1 aliphatic rings. The van der Waals surface area contributed by atoms with Crippen LogP contribution in [-0.2, 0) is 17.8 Å². The lowest BCUT2D eigenvalue weighted by Gasteiger charge is -2.15. The minimum absolute atomic E-state index is 0.0196. The number of hydrogen-bond donors (Lipinski definition) is 2. The van der Waals surface area contributed by atoms with Crippen molar-refractivity contribution in [2.45, 2.75) is 52.0 Å². The minimum atomic E-state index is -0.952. The lowest BCUT2D eigenvalue weighted by atomic mass is 9.94. The number of carboxylic acid groups (broad SMARTS) is 1. The molecule has 0 heterocycles. The van der Waals surface area contributed by atoms with Crippen molar-refractivity contribution in [1.29, 1.82) is 0 Å². The smallest absolute Gasteiger partial charge is 0.335 e. The molecule has 0 aromatic heterocycles. The van der Waals surface area contributed by atoms with Gasteiger partial charge in [0, 0.05) is 12.1 Å². The number of aromatic carboxylic acids is 1. The maximum absolute atomic E-state index is 13.0. The molecule has 0 saturated carbocycles. The Morgan fingerprint density at radius 3 is 2.43 bits per heavy atom. The molecule has 0 saturated heterocycles. The Morgan fingerprint density at radius 2 is 1.73 bits per heavy atom. The fourth-order valence-electron chi connectivity index (χ4n) is 3.96. The number of carbonyl (C=O) groups is 2. The van der Waals surface area contributed by atoms with Crippen LogP contribution in [0.15, 0.2) is 53.6 Å². The van der Waals surface area contributed by atoms with Crippen molar-refractivity contribution in [3.05, 3.63) is 75.9 Å². The van der Waals surface area contributed by atoms with E-state index in [9.17, 15) is 9.59 Å². The Balaban J connectivity index is 1.75. The van der Waals surface area contributed by atoms with Crippen LogP contribution in [0.2, 0.25) is 0 Å². The van der Waals surface area contributed by atoms with Gasteiger partial charge in [0.25, 0.3) is 0 Å². The van der Waals surface area contributed by atoms with Gasteiger partial charge in [-0.3, -0.25) is 4.79 Å². The lowest BCUT2D eigenvalue weighted by molar-refractivity contribution is -0.117. The van der Waals surface area contributed by atoms with Crippen LogP contribution in [-0.4, -0.2) is 24.1 Å². The van der Waals surface area contributed by atoms with Crippen molar-refractivity contribution in [1.82, 2.24) is 5.32 Å². The summed E-state index contributed by atoms with van der Waals surface area (Å²) in [6.45, 7) is 2.44. The molecule has 2 aromatic rings. The summed E-state index contributed by atoms with van der Waals surface area (Å²) in [5.41, 5.74) is 5.54. The van der Waals surface area contributed by atoms with E-state index in [-0.39, 0.29) is 11.5 Å². The third kappa shape index (κ3) is 5.72. The number of methoxy groups -OCH3 is 1. The SMILES string of the molecule is COc1cc(C)cc(CC2=C(C(=O)NCc3ccc(C(=O)O)cc3)CCCCC2)c1. The maximum Gasteiger partial charge on any atom is 0.335 e. The molecule has 3 rings (SSSR count). The molecule has 0 radical (unpaired) electrons. The average Bonchev–Trinajstić information content (AvgIpc) is 2.97. The predicted molar refractivity (Wildman–Crippen MR) is 117 cm³/mol. The molecule has 0 spiro atoms. The van der Waals surface area contributed by atoms with Crippen LogP contribution >= 0.6 is 0 Å². The molecule has 2 N–H and O–H groups in total. The Hall–Kier alpha value is -3.08. The number of rotatable bonds is 7. The molecule has 0 unspecified atom stereocenters. The second kappa shape index (κ2) is 10.1. The summed E-state index contributed by atoms with van der Waals surface area (Å²) in [7, 11) is 1.67. The Kier molecular flexibility index (Phi) is 7.28. The molecule has 0 aliphatic heterocycles. The van der Waals surface area contributed by atoms with E-state index in [0.29, 0.717) is 6.54 Å². The summed E-state index contributed by atoms with van der Waals surface area (Å²) in [4.78, 5) is 24.0. The van der Waals surface area contributed by atoms with Crippen LogP contribution in [0.1, 0.15) is 59.2 Å². The molecule has 0 bridgehead atoms. The molecule has 5 heteroatoms. The number of hydrogen-bond acceptors (Lipinski definition) is 3. The molecule has 2 aromatic carbocycles. The summed E-state index contributed by atoms with van der Waals surface area (Å²) >= 11 is 0. The highest BCUT2D eigenvalue weighted by molar-refractivity contribution is 5.94. The van der Waals surface area contributed by atoms with E-state index in [2.05, 4.69) is 18.3 Å². The Morgan fingerprint density at radius 1 is 1.00 bits per heavy atom. The van der Waals surface area contributed by atoms with Crippen molar-refractivity contribution < 1.29 is 19.4 Å². The van der Waals surface area contributed by atoms with E-state index in [4.69, 9.17) is 9.84 Å². The summed E-state index contributed by atoms with van der Waals surface area (Å²) < 4.78 is 5.40. The van der Waals surface area contributed by atoms with E-state index < -0.39 is 5.97 Å². The third-order valence-corrected chi connectivity index (χ3v) is 5.52. The number of benzene rings is 2. The maximum atomic E-state index is 13.0. The van der Waals surface area contributed by atoms with Crippen molar-refractivity contribution >= 4 is 11.9 Å². The summed E-state index contributed by atoms with van der Waals surface area (Å²) in [5, 5.41) is 12.0. The van der Waals surface area contributed by atoms with E-state index in [0.717, 1.165) is 61.0 Å². The molecule has 30 heavy (non-hydrogen) atoms. The number of aryl methyl sites for hydroxylation is 1. The van der Waals surface area contributed by atoms with Gasteiger partial charge < -0.3 is 15.2 Å². The van der Waals surface area contributed by atoms with Gasteiger partial charge >= 0.3 is 5.97 Å². The second-order valence-electron chi connectivity index (χ2n) is 7.86. The van der Waals surface area contributed by atoms with Crippen LogP contribution in [0.3, 0.4) is 0 Å². The van der Waals surface area contributed by atoms with Crippen LogP contribution in [0.5, 0.6) is 5.75 Å². The van der Waals surface area contributed by atoms with Crippen molar-refractivity contribution in [2.24, 2.45) is 0 Å². The number of allylic oxidation sites excluding steroid dienone is 1. The van der Waals surface area contributed by atoms with Gasteiger partial charge in [-0.15, -0.1) is 0 Å². The molecule has 1 amide bonds. The first-order chi connectivity index (χ1) is 14.5. The normalized spacial score (nSPS) is 14.2. The van der Waals surface area contributed by atoms with Crippen molar-refractivity contribution in [2.75, 3.05) is 7.11 Å². The van der Waals surface area contributed by atoms with E-state index in [1.54, 1.807) is 31.4 Å². The third-order valence-electron chi connectivity index (χ3n) is 5.52. The van der Waals surface area contributed by atoms with Gasteiger partial charge in [-0.05, 0) is 80.0 Å². The Labute approximate surface area is 177 Å². The number of ether oxygens (including phenoxy) is 1. The molecule has 1 aliphatic carbocycles. The fraction of sp³-hybridized carbons (Fsp3) is 0.360. The van der Waals surface area contributed by atoms with Crippen LogP contribution in [0.25, 0.3) is 0 Å². The van der Waals surface area contributed by atoms with E-state index >= 15 is 0 Å². The second-order valence-corrected chi connectivity index (χ2v) is 7.86. The highest BCUT2D eigenvalue weighted by atomic mass is 16.5.